The standard InChI is InChI=1S/C14H20N4O3/c19-13(11-5-10-12(6-15-11)17-7-16-10)18-9-3-1-2-8(4-9)14(20)21/h7-9,11,15H,1-6H2,(H,16,17)(H,18,19)(H,20,21). The van der Waals surface area contributed by atoms with Crippen molar-refractivity contribution in [2.24, 2.45) is 5.92 Å². The number of carboxylic acids is 1. The van der Waals surface area contributed by atoms with Gasteiger partial charge in [0.05, 0.1) is 29.7 Å². The van der Waals surface area contributed by atoms with Crippen LogP contribution in [0.2, 0.25) is 0 Å². The first-order valence-corrected chi connectivity index (χ1v) is 7.41. The molecule has 2 heterocycles. The van der Waals surface area contributed by atoms with E-state index in [0.717, 1.165) is 24.2 Å². The Balaban J connectivity index is 1.56. The van der Waals surface area contributed by atoms with Crippen LogP contribution in [0.25, 0.3) is 0 Å². The number of aliphatic carboxylic acids is 1. The number of aromatic amines is 1. The number of fused-ring (bicyclic) bond motifs is 1. The van der Waals surface area contributed by atoms with E-state index in [1.165, 1.54) is 0 Å². The number of nitrogens with zero attached hydrogens (tertiary/aromatic N) is 1. The van der Waals surface area contributed by atoms with E-state index >= 15 is 0 Å². The van der Waals surface area contributed by atoms with Gasteiger partial charge in [-0.25, -0.2) is 4.98 Å². The molecule has 1 saturated carbocycles. The minimum atomic E-state index is -0.758. The van der Waals surface area contributed by atoms with Gasteiger partial charge in [0, 0.05) is 19.0 Å². The predicted molar refractivity (Wildman–Crippen MR) is 74.4 cm³/mol. The zero-order valence-corrected chi connectivity index (χ0v) is 11.8. The number of hydrogen-bond donors (Lipinski definition) is 4. The number of carbonyl (C=O) groups is 2. The lowest BCUT2D eigenvalue weighted by atomic mass is 9.85. The maximum Gasteiger partial charge on any atom is 0.306 e. The highest BCUT2D eigenvalue weighted by molar-refractivity contribution is 5.82. The summed E-state index contributed by atoms with van der Waals surface area (Å²) in [6.07, 6.45) is 5.16. The van der Waals surface area contributed by atoms with Crippen LogP contribution >= 0.6 is 0 Å². The lowest BCUT2D eigenvalue weighted by Crippen LogP contribution is -2.51. The van der Waals surface area contributed by atoms with E-state index in [9.17, 15) is 9.59 Å². The Morgan fingerprint density at radius 2 is 2.24 bits per heavy atom. The molecule has 7 nitrogen and oxygen atoms in total. The van der Waals surface area contributed by atoms with Crippen molar-refractivity contribution >= 4 is 11.9 Å². The summed E-state index contributed by atoms with van der Waals surface area (Å²) < 4.78 is 0. The van der Waals surface area contributed by atoms with Crippen molar-refractivity contribution in [3.8, 4) is 0 Å². The Morgan fingerprint density at radius 1 is 1.38 bits per heavy atom. The van der Waals surface area contributed by atoms with Crippen LogP contribution < -0.4 is 10.6 Å². The third kappa shape index (κ3) is 3.07. The number of carbonyl (C=O) groups excluding carboxylic acids is 1. The Morgan fingerprint density at radius 3 is 3.05 bits per heavy atom. The lowest BCUT2D eigenvalue weighted by molar-refractivity contribution is -0.143. The fourth-order valence-electron chi connectivity index (χ4n) is 3.20. The maximum absolute atomic E-state index is 12.3. The van der Waals surface area contributed by atoms with Gasteiger partial charge >= 0.3 is 5.97 Å². The molecule has 3 rings (SSSR count). The third-order valence-electron chi connectivity index (χ3n) is 4.42. The van der Waals surface area contributed by atoms with Gasteiger partial charge in [-0.05, 0) is 19.3 Å². The zero-order valence-electron chi connectivity index (χ0n) is 11.8. The summed E-state index contributed by atoms with van der Waals surface area (Å²) in [5.74, 6) is -1.15. The number of carboxylic acid groups (broad SMARTS) is 1. The number of amides is 1. The van der Waals surface area contributed by atoms with E-state index < -0.39 is 5.97 Å². The first-order valence-electron chi connectivity index (χ1n) is 7.41. The molecule has 3 atom stereocenters. The number of hydrogen-bond acceptors (Lipinski definition) is 4. The van der Waals surface area contributed by atoms with Crippen LogP contribution in [-0.4, -0.2) is 39.0 Å². The Kier molecular flexibility index (Phi) is 3.92. The Labute approximate surface area is 122 Å². The molecule has 2 aliphatic rings. The van der Waals surface area contributed by atoms with Gasteiger partial charge in [0.2, 0.25) is 5.91 Å². The molecule has 1 aliphatic heterocycles. The normalized spacial score (nSPS) is 28.7. The Bertz CT molecular complexity index is 542. The molecular weight excluding hydrogens is 272 g/mol. The molecule has 4 N–H and O–H groups in total. The van der Waals surface area contributed by atoms with Gasteiger partial charge in [-0.1, -0.05) is 6.42 Å². The van der Waals surface area contributed by atoms with Crippen molar-refractivity contribution in [3.05, 3.63) is 17.7 Å². The maximum atomic E-state index is 12.3. The first kappa shape index (κ1) is 14.1. The molecular formula is C14H20N4O3. The molecule has 7 heteroatoms. The van der Waals surface area contributed by atoms with Crippen LogP contribution in [0.4, 0.5) is 0 Å². The minimum Gasteiger partial charge on any atom is -0.481 e. The van der Waals surface area contributed by atoms with Gasteiger partial charge in [0.25, 0.3) is 0 Å². The highest BCUT2D eigenvalue weighted by atomic mass is 16.4. The first-order chi connectivity index (χ1) is 10.1. The number of aromatic nitrogens is 2. The van der Waals surface area contributed by atoms with Gasteiger partial charge in [0.1, 0.15) is 0 Å². The average molecular weight is 292 g/mol. The number of imidazole rings is 1. The summed E-state index contributed by atoms with van der Waals surface area (Å²) in [7, 11) is 0. The zero-order chi connectivity index (χ0) is 14.8. The molecule has 0 aromatic carbocycles. The summed E-state index contributed by atoms with van der Waals surface area (Å²) >= 11 is 0. The van der Waals surface area contributed by atoms with Gasteiger partial charge in [-0.15, -0.1) is 0 Å². The molecule has 1 aliphatic carbocycles. The number of H-pyrrole nitrogens is 1. The van der Waals surface area contributed by atoms with Crippen LogP contribution in [0, 0.1) is 5.92 Å². The van der Waals surface area contributed by atoms with Crippen LogP contribution in [0.3, 0.4) is 0 Å². The molecule has 1 aromatic heterocycles. The smallest absolute Gasteiger partial charge is 0.306 e. The predicted octanol–water partition coefficient (Wildman–Crippen LogP) is 0.184. The average Bonchev–Trinajstić information content (AvgIpc) is 2.94. The van der Waals surface area contributed by atoms with Crippen molar-refractivity contribution in [1.82, 2.24) is 20.6 Å². The molecule has 1 fully saturated rings. The van der Waals surface area contributed by atoms with Gasteiger partial charge in [-0.2, -0.15) is 0 Å². The van der Waals surface area contributed by atoms with Crippen LogP contribution in [0.5, 0.6) is 0 Å². The number of rotatable bonds is 3. The molecule has 0 spiro atoms. The Hall–Kier alpha value is -1.89. The second-order valence-electron chi connectivity index (χ2n) is 5.87. The van der Waals surface area contributed by atoms with Crippen LogP contribution in [-0.2, 0) is 22.6 Å². The molecule has 3 unspecified atom stereocenters. The SMILES string of the molecule is O=C(O)C1CCCC(NC(=O)C2Cc3nc[nH]c3CN2)C1. The number of nitrogens with one attached hydrogen (secondary N) is 3. The fourth-order valence-corrected chi connectivity index (χ4v) is 3.20. The van der Waals surface area contributed by atoms with Gasteiger partial charge in [0.15, 0.2) is 0 Å². The van der Waals surface area contributed by atoms with Crippen LogP contribution in [0.1, 0.15) is 37.1 Å². The molecule has 114 valence electrons. The second kappa shape index (κ2) is 5.85. The van der Waals surface area contributed by atoms with Crippen molar-refractivity contribution in [3.63, 3.8) is 0 Å². The summed E-state index contributed by atoms with van der Waals surface area (Å²) in [6.45, 7) is 0.607. The molecule has 0 saturated heterocycles. The van der Waals surface area contributed by atoms with E-state index in [2.05, 4.69) is 20.6 Å². The van der Waals surface area contributed by atoms with Gasteiger partial charge in [-0.3, -0.25) is 14.9 Å². The molecule has 1 aromatic rings. The van der Waals surface area contributed by atoms with Crippen molar-refractivity contribution in [2.75, 3.05) is 0 Å². The molecule has 0 radical (unpaired) electrons. The molecule has 0 bridgehead atoms. The van der Waals surface area contributed by atoms with E-state index in [-0.39, 0.29) is 23.9 Å². The summed E-state index contributed by atoms with van der Waals surface area (Å²) in [6, 6.07) is -0.319. The van der Waals surface area contributed by atoms with E-state index in [4.69, 9.17) is 5.11 Å². The van der Waals surface area contributed by atoms with Crippen molar-refractivity contribution in [1.29, 1.82) is 0 Å². The quantitative estimate of drug-likeness (QED) is 0.636. The second-order valence-corrected chi connectivity index (χ2v) is 5.87. The van der Waals surface area contributed by atoms with Crippen molar-refractivity contribution in [2.45, 2.75) is 50.7 Å². The highest BCUT2D eigenvalue weighted by Crippen LogP contribution is 2.24. The van der Waals surface area contributed by atoms with Gasteiger partial charge < -0.3 is 15.4 Å². The minimum absolute atomic E-state index is 0.0327. The van der Waals surface area contributed by atoms with Crippen molar-refractivity contribution < 1.29 is 14.7 Å². The largest absolute Gasteiger partial charge is 0.481 e. The van der Waals surface area contributed by atoms with E-state index in [1.807, 2.05) is 0 Å². The topological polar surface area (TPSA) is 107 Å². The summed E-state index contributed by atoms with van der Waals surface area (Å²) in [4.78, 5) is 30.6. The van der Waals surface area contributed by atoms with Crippen LogP contribution in [0.15, 0.2) is 6.33 Å². The molecule has 21 heavy (non-hydrogen) atoms. The summed E-state index contributed by atoms with van der Waals surface area (Å²) in [5, 5.41) is 15.3. The van der Waals surface area contributed by atoms with E-state index in [1.54, 1.807) is 6.33 Å². The summed E-state index contributed by atoms with van der Waals surface area (Å²) in [5.41, 5.74) is 1.96. The highest BCUT2D eigenvalue weighted by Gasteiger charge is 2.31. The monoisotopic (exact) mass is 292 g/mol. The lowest BCUT2D eigenvalue weighted by Gasteiger charge is -2.30. The third-order valence-corrected chi connectivity index (χ3v) is 4.42. The fraction of sp³-hybridized carbons (Fsp3) is 0.643. The van der Waals surface area contributed by atoms with E-state index in [0.29, 0.717) is 25.8 Å². The molecule has 1 amide bonds.